The molecule has 0 saturated carbocycles. The fraction of sp³-hybridized carbons (Fsp3) is 0.286. The molecule has 0 bridgehead atoms. The molecule has 136 valence electrons. The van der Waals surface area contributed by atoms with Gasteiger partial charge in [0, 0.05) is 13.1 Å². The van der Waals surface area contributed by atoms with E-state index in [0.717, 1.165) is 0 Å². The number of aromatic nitrogens is 6. The summed E-state index contributed by atoms with van der Waals surface area (Å²) in [6.45, 7) is 0.941. The van der Waals surface area contributed by atoms with Crippen LogP contribution in [0.5, 0.6) is 0 Å². The van der Waals surface area contributed by atoms with E-state index in [1.165, 1.54) is 21.2 Å². The van der Waals surface area contributed by atoms with Gasteiger partial charge >= 0.3 is 0 Å². The average Bonchev–Trinajstić information content (AvgIpc) is 3.18. The smallest absolute Gasteiger partial charge is 0.246 e. The fourth-order valence-corrected chi connectivity index (χ4v) is 5.28. The molecule has 1 saturated heterocycles. The summed E-state index contributed by atoms with van der Waals surface area (Å²) in [5.41, 5.74) is 0.691. The fourth-order valence-electron chi connectivity index (χ4n) is 2.67. The second kappa shape index (κ2) is 6.62. The Morgan fingerprint density at radius 3 is 2.42 bits per heavy atom. The standard InChI is InChI=1S/C14H13Cl2N7O2S/c15-12-2-1-3-13(16)14(12)26(24,25)21-8-11(9-21)22-6-10(19-20-22)7-23-17-4-5-18-23/h1-6,11H,7-9H2. The molecular weight excluding hydrogens is 401 g/mol. The van der Waals surface area contributed by atoms with Crippen LogP contribution in [-0.2, 0) is 16.6 Å². The second-order valence-electron chi connectivity index (χ2n) is 5.78. The topological polar surface area (TPSA) is 98.8 Å². The maximum atomic E-state index is 12.7. The lowest BCUT2D eigenvalue weighted by atomic mass is 10.2. The molecule has 0 spiro atoms. The molecule has 12 heteroatoms. The maximum Gasteiger partial charge on any atom is 0.246 e. The van der Waals surface area contributed by atoms with Crippen LogP contribution in [-0.4, -0.2) is 55.8 Å². The molecule has 26 heavy (non-hydrogen) atoms. The number of halogens is 2. The normalized spacial score (nSPS) is 15.9. The first kappa shape index (κ1) is 17.4. The summed E-state index contributed by atoms with van der Waals surface area (Å²) in [7, 11) is -3.75. The molecule has 9 nitrogen and oxygen atoms in total. The molecule has 0 radical (unpaired) electrons. The van der Waals surface area contributed by atoms with E-state index in [1.54, 1.807) is 29.3 Å². The van der Waals surface area contributed by atoms with E-state index < -0.39 is 10.0 Å². The third-order valence-electron chi connectivity index (χ3n) is 4.05. The average molecular weight is 414 g/mol. The van der Waals surface area contributed by atoms with Crippen LogP contribution in [0.25, 0.3) is 0 Å². The highest BCUT2D eigenvalue weighted by Gasteiger charge is 2.40. The Morgan fingerprint density at radius 1 is 1.12 bits per heavy atom. The van der Waals surface area contributed by atoms with Crippen LogP contribution in [0, 0.1) is 0 Å². The minimum atomic E-state index is -3.75. The van der Waals surface area contributed by atoms with Crippen molar-refractivity contribution in [2.75, 3.05) is 13.1 Å². The van der Waals surface area contributed by atoms with Crippen molar-refractivity contribution in [2.45, 2.75) is 17.5 Å². The van der Waals surface area contributed by atoms with Crippen LogP contribution >= 0.6 is 23.2 Å². The maximum absolute atomic E-state index is 12.7. The molecule has 1 fully saturated rings. The van der Waals surface area contributed by atoms with Crippen molar-refractivity contribution in [3.8, 4) is 0 Å². The van der Waals surface area contributed by atoms with Gasteiger partial charge in [-0.2, -0.15) is 19.3 Å². The lowest BCUT2D eigenvalue weighted by Gasteiger charge is -2.37. The van der Waals surface area contributed by atoms with E-state index in [-0.39, 0.29) is 34.1 Å². The first-order valence-electron chi connectivity index (χ1n) is 7.64. The summed E-state index contributed by atoms with van der Waals surface area (Å²) in [6, 6.07) is 4.52. The van der Waals surface area contributed by atoms with E-state index in [1.807, 2.05) is 0 Å². The predicted octanol–water partition coefficient (Wildman–Crippen LogP) is 1.47. The van der Waals surface area contributed by atoms with Gasteiger partial charge in [-0.3, -0.25) is 0 Å². The molecule has 0 N–H and O–H groups in total. The minimum absolute atomic E-state index is 0.0641. The summed E-state index contributed by atoms with van der Waals surface area (Å²) in [5.74, 6) is 0. The molecule has 3 aromatic rings. The largest absolute Gasteiger partial charge is 0.246 e. The van der Waals surface area contributed by atoms with E-state index in [0.29, 0.717) is 12.2 Å². The van der Waals surface area contributed by atoms with Gasteiger partial charge in [0.15, 0.2) is 0 Å². The van der Waals surface area contributed by atoms with Crippen LogP contribution < -0.4 is 0 Å². The van der Waals surface area contributed by atoms with Gasteiger partial charge in [0.2, 0.25) is 10.0 Å². The molecule has 2 aromatic heterocycles. The summed E-state index contributed by atoms with van der Waals surface area (Å²) in [4.78, 5) is 1.43. The van der Waals surface area contributed by atoms with Crippen LogP contribution in [0.1, 0.15) is 11.7 Å². The van der Waals surface area contributed by atoms with Crippen molar-refractivity contribution in [3.63, 3.8) is 0 Å². The van der Waals surface area contributed by atoms with Crippen molar-refractivity contribution >= 4 is 33.2 Å². The number of hydrogen-bond acceptors (Lipinski definition) is 6. The Bertz CT molecular complexity index is 1010. The number of nitrogens with zero attached hydrogens (tertiary/aromatic N) is 7. The summed E-state index contributed by atoms with van der Waals surface area (Å²) >= 11 is 12.1. The molecule has 3 heterocycles. The third kappa shape index (κ3) is 3.09. The van der Waals surface area contributed by atoms with Crippen molar-refractivity contribution < 1.29 is 8.42 Å². The predicted molar refractivity (Wildman–Crippen MR) is 93.4 cm³/mol. The summed E-state index contributed by atoms with van der Waals surface area (Å²) < 4.78 is 28.5. The second-order valence-corrected chi connectivity index (χ2v) is 8.47. The van der Waals surface area contributed by atoms with Crippen molar-refractivity contribution in [1.82, 2.24) is 34.3 Å². The Kier molecular flexibility index (Phi) is 4.43. The molecule has 1 aliphatic rings. The molecule has 0 unspecified atom stereocenters. The van der Waals surface area contributed by atoms with Crippen LogP contribution in [0.4, 0.5) is 0 Å². The minimum Gasteiger partial charge on any atom is -0.246 e. The van der Waals surface area contributed by atoms with Crippen LogP contribution in [0.2, 0.25) is 10.0 Å². The molecule has 1 aromatic carbocycles. The third-order valence-corrected chi connectivity index (χ3v) is 6.84. The number of benzene rings is 1. The van der Waals surface area contributed by atoms with Gasteiger partial charge in [-0.25, -0.2) is 13.1 Å². The van der Waals surface area contributed by atoms with Crippen molar-refractivity contribution in [1.29, 1.82) is 0 Å². The molecule has 0 aliphatic carbocycles. The van der Waals surface area contributed by atoms with Gasteiger partial charge in [-0.05, 0) is 12.1 Å². The van der Waals surface area contributed by atoms with E-state index in [4.69, 9.17) is 23.2 Å². The van der Waals surface area contributed by atoms with Gasteiger partial charge in [0.1, 0.15) is 17.1 Å². The van der Waals surface area contributed by atoms with Crippen molar-refractivity contribution in [3.05, 3.63) is 52.5 Å². The summed E-state index contributed by atoms with van der Waals surface area (Å²) in [6.07, 6.45) is 4.93. The van der Waals surface area contributed by atoms with Gasteiger partial charge in [-0.15, -0.1) is 5.10 Å². The van der Waals surface area contributed by atoms with Gasteiger partial charge < -0.3 is 0 Å². The first-order valence-corrected chi connectivity index (χ1v) is 9.84. The highest BCUT2D eigenvalue weighted by Crippen LogP contribution is 2.35. The monoisotopic (exact) mass is 413 g/mol. The van der Waals surface area contributed by atoms with E-state index >= 15 is 0 Å². The Morgan fingerprint density at radius 2 is 1.77 bits per heavy atom. The highest BCUT2D eigenvalue weighted by atomic mass is 35.5. The van der Waals surface area contributed by atoms with Crippen LogP contribution in [0.15, 0.2) is 41.7 Å². The Hall–Kier alpha value is -2.01. The number of rotatable bonds is 5. The molecule has 0 atom stereocenters. The summed E-state index contributed by atoms with van der Waals surface area (Å²) in [5, 5.41) is 16.4. The lowest BCUT2D eigenvalue weighted by Crippen LogP contribution is -2.50. The molecular formula is C14H13Cl2N7O2S. The Labute approximate surface area is 159 Å². The van der Waals surface area contributed by atoms with Gasteiger partial charge in [0.05, 0.1) is 34.7 Å². The molecule has 4 rings (SSSR count). The van der Waals surface area contributed by atoms with E-state index in [9.17, 15) is 8.42 Å². The zero-order valence-electron chi connectivity index (χ0n) is 13.3. The quantitative estimate of drug-likeness (QED) is 0.627. The number of sulfonamides is 1. The zero-order valence-corrected chi connectivity index (χ0v) is 15.6. The van der Waals surface area contributed by atoms with Gasteiger partial charge in [-0.1, -0.05) is 34.5 Å². The van der Waals surface area contributed by atoms with Crippen molar-refractivity contribution in [2.24, 2.45) is 0 Å². The number of hydrogen-bond donors (Lipinski definition) is 0. The van der Waals surface area contributed by atoms with Gasteiger partial charge in [0.25, 0.3) is 0 Å². The van der Waals surface area contributed by atoms with Crippen LogP contribution in [0.3, 0.4) is 0 Å². The zero-order chi connectivity index (χ0) is 18.3. The Balaban J connectivity index is 1.46. The molecule has 0 amide bonds. The first-order chi connectivity index (χ1) is 12.4. The lowest BCUT2D eigenvalue weighted by molar-refractivity contribution is 0.189. The SMILES string of the molecule is O=S(=O)(c1c(Cl)cccc1Cl)N1CC(n2cc(Cn3nccn3)nn2)C1. The highest BCUT2D eigenvalue weighted by molar-refractivity contribution is 7.89. The molecule has 1 aliphatic heterocycles. The van der Waals surface area contributed by atoms with E-state index in [2.05, 4.69) is 20.5 Å².